The SMILES string of the molecule is CCC(O)C(O)(CNC(C)C)COc1ccc(CCOCC2CC2)cc1. The number of hydrogen-bond donors (Lipinski definition) is 3. The molecule has 2 rings (SSSR count). The number of aliphatic hydroxyl groups is 2. The van der Waals surface area contributed by atoms with E-state index in [1.807, 2.05) is 45.0 Å². The van der Waals surface area contributed by atoms with Crippen molar-refractivity contribution in [1.82, 2.24) is 5.32 Å². The van der Waals surface area contributed by atoms with E-state index in [9.17, 15) is 10.2 Å². The van der Waals surface area contributed by atoms with Crippen molar-refractivity contribution in [2.24, 2.45) is 5.92 Å². The van der Waals surface area contributed by atoms with Gasteiger partial charge in [-0.1, -0.05) is 32.9 Å². The molecule has 0 saturated heterocycles. The van der Waals surface area contributed by atoms with Crippen molar-refractivity contribution < 1.29 is 19.7 Å². The molecule has 148 valence electrons. The fourth-order valence-corrected chi connectivity index (χ4v) is 2.71. The molecule has 1 fully saturated rings. The standard InChI is InChI=1S/C21H35NO4/c1-4-20(23)21(24,14-22-16(2)3)15-26-19-9-7-17(8-10-19)11-12-25-13-18-5-6-18/h7-10,16,18,20,22-24H,4-6,11-15H2,1-3H3. The van der Waals surface area contributed by atoms with Gasteiger partial charge < -0.3 is 25.0 Å². The maximum absolute atomic E-state index is 10.8. The smallest absolute Gasteiger partial charge is 0.137 e. The molecule has 26 heavy (non-hydrogen) atoms. The van der Waals surface area contributed by atoms with Crippen LogP contribution in [-0.4, -0.2) is 54.3 Å². The van der Waals surface area contributed by atoms with Crippen LogP contribution in [0.1, 0.15) is 45.6 Å². The monoisotopic (exact) mass is 365 g/mol. The van der Waals surface area contributed by atoms with Crippen LogP contribution in [0, 0.1) is 5.92 Å². The van der Waals surface area contributed by atoms with Crippen molar-refractivity contribution in [3.05, 3.63) is 29.8 Å². The molecule has 2 unspecified atom stereocenters. The highest BCUT2D eigenvalue weighted by atomic mass is 16.5. The van der Waals surface area contributed by atoms with Crippen LogP contribution < -0.4 is 10.1 Å². The summed E-state index contributed by atoms with van der Waals surface area (Å²) in [5.41, 5.74) is -0.104. The van der Waals surface area contributed by atoms with Gasteiger partial charge in [0.05, 0.1) is 12.7 Å². The molecule has 0 aromatic heterocycles. The third-order valence-electron chi connectivity index (χ3n) is 4.82. The first-order chi connectivity index (χ1) is 12.4. The molecule has 0 heterocycles. The summed E-state index contributed by atoms with van der Waals surface area (Å²) in [4.78, 5) is 0. The van der Waals surface area contributed by atoms with Crippen molar-refractivity contribution in [3.63, 3.8) is 0 Å². The van der Waals surface area contributed by atoms with E-state index >= 15 is 0 Å². The van der Waals surface area contributed by atoms with Gasteiger partial charge in [0.2, 0.25) is 0 Å². The Labute approximate surface area is 157 Å². The molecule has 3 N–H and O–H groups in total. The van der Waals surface area contributed by atoms with Crippen LogP contribution in [0.25, 0.3) is 0 Å². The summed E-state index contributed by atoms with van der Waals surface area (Å²) in [5.74, 6) is 1.49. The average molecular weight is 366 g/mol. The quantitative estimate of drug-likeness (QED) is 0.469. The van der Waals surface area contributed by atoms with Crippen molar-refractivity contribution in [2.75, 3.05) is 26.4 Å². The van der Waals surface area contributed by atoms with E-state index in [4.69, 9.17) is 9.47 Å². The van der Waals surface area contributed by atoms with E-state index in [0.717, 1.165) is 25.6 Å². The fraction of sp³-hybridized carbons (Fsp3) is 0.714. The molecule has 1 aliphatic carbocycles. The van der Waals surface area contributed by atoms with E-state index in [0.29, 0.717) is 12.2 Å². The second kappa shape index (κ2) is 10.3. The molecule has 0 radical (unpaired) electrons. The molecule has 1 aliphatic rings. The highest BCUT2D eigenvalue weighted by Gasteiger charge is 2.35. The zero-order chi connectivity index (χ0) is 19.0. The number of hydrogen-bond acceptors (Lipinski definition) is 5. The normalized spacial score (nSPS) is 17.9. The summed E-state index contributed by atoms with van der Waals surface area (Å²) >= 11 is 0. The Morgan fingerprint density at radius 2 is 1.92 bits per heavy atom. The van der Waals surface area contributed by atoms with Crippen molar-refractivity contribution >= 4 is 0 Å². The zero-order valence-corrected chi connectivity index (χ0v) is 16.4. The molecule has 0 bridgehead atoms. The number of benzene rings is 1. The van der Waals surface area contributed by atoms with Gasteiger partial charge in [-0.25, -0.2) is 0 Å². The van der Waals surface area contributed by atoms with Gasteiger partial charge in [0, 0.05) is 19.2 Å². The Balaban J connectivity index is 1.79. The van der Waals surface area contributed by atoms with Crippen LogP contribution >= 0.6 is 0 Å². The Morgan fingerprint density at radius 3 is 2.50 bits per heavy atom. The topological polar surface area (TPSA) is 71.0 Å². The molecule has 5 heteroatoms. The minimum absolute atomic E-state index is 0.0472. The lowest BCUT2D eigenvalue weighted by atomic mass is 9.95. The van der Waals surface area contributed by atoms with Crippen LogP contribution in [-0.2, 0) is 11.2 Å². The highest BCUT2D eigenvalue weighted by molar-refractivity contribution is 5.27. The number of ether oxygens (including phenoxy) is 2. The largest absolute Gasteiger partial charge is 0.490 e. The van der Waals surface area contributed by atoms with Gasteiger partial charge in [0.15, 0.2) is 0 Å². The maximum atomic E-state index is 10.8. The van der Waals surface area contributed by atoms with E-state index in [2.05, 4.69) is 5.32 Å². The predicted octanol–water partition coefficient (Wildman–Crippen LogP) is 2.53. The third-order valence-corrected chi connectivity index (χ3v) is 4.82. The van der Waals surface area contributed by atoms with Crippen LogP contribution in [0.4, 0.5) is 0 Å². The second-order valence-corrected chi connectivity index (χ2v) is 7.76. The molecule has 1 aromatic carbocycles. The highest BCUT2D eigenvalue weighted by Crippen LogP contribution is 2.28. The van der Waals surface area contributed by atoms with Gasteiger partial charge in [-0.3, -0.25) is 0 Å². The van der Waals surface area contributed by atoms with Gasteiger partial charge in [0.1, 0.15) is 18.0 Å². The van der Waals surface area contributed by atoms with Gasteiger partial charge in [-0.05, 0) is 49.3 Å². The van der Waals surface area contributed by atoms with Crippen LogP contribution in [0.2, 0.25) is 0 Å². The summed E-state index contributed by atoms with van der Waals surface area (Å²) < 4.78 is 11.4. The van der Waals surface area contributed by atoms with Gasteiger partial charge in [-0.15, -0.1) is 0 Å². The first-order valence-electron chi connectivity index (χ1n) is 9.86. The second-order valence-electron chi connectivity index (χ2n) is 7.76. The molecule has 1 aromatic rings. The maximum Gasteiger partial charge on any atom is 0.137 e. The lowest BCUT2D eigenvalue weighted by molar-refractivity contribution is -0.0986. The number of nitrogens with one attached hydrogen (secondary N) is 1. The van der Waals surface area contributed by atoms with E-state index in [1.54, 1.807) is 0 Å². The molecule has 0 spiro atoms. The molecular weight excluding hydrogens is 330 g/mol. The van der Waals surface area contributed by atoms with Crippen LogP contribution in [0.5, 0.6) is 5.75 Å². The molecular formula is C21H35NO4. The van der Waals surface area contributed by atoms with Gasteiger partial charge in [-0.2, -0.15) is 0 Å². The lowest BCUT2D eigenvalue weighted by Crippen LogP contribution is -2.55. The van der Waals surface area contributed by atoms with Crippen molar-refractivity contribution in [1.29, 1.82) is 0 Å². The number of rotatable bonds is 13. The average Bonchev–Trinajstić information content (AvgIpc) is 3.46. The van der Waals surface area contributed by atoms with Gasteiger partial charge in [0.25, 0.3) is 0 Å². The molecule has 5 nitrogen and oxygen atoms in total. The fourth-order valence-electron chi connectivity index (χ4n) is 2.71. The summed E-state index contributed by atoms with van der Waals surface area (Å²) in [5, 5.41) is 24.2. The lowest BCUT2D eigenvalue weighted by Gasteiger charge is -2.33. The predicted molar refractivity (Wildman–Crippen MR) is 104 cm³/mol. The Morgan fingerprint density at radius 1 is 1.23 bits per heavy atom. The first-order valence-corrected chi connectivity index (χ1v) is 9.86. The molecule has 0 amide bonds. The molecule has 2 atom stereocenters. The van der Waals surface area contributed by atoms with Crippen LogP contribution in [0.3, 0.4) is 0 Å². The Kier molecular flexibility index (Phi) is 8.35. The first kappa shape index (κ1) is 21.2. The minimum Gasteiger partial charge on any atom is -0.490 e. The van der Waals surface area contributed by atoms with E-state index < -0.39 is 11.7 Å². The third kappa shape index (κ3) is 7.23. The summed E-state index contributed by atoms with van der Waals surface area (Å²) in [7, 11) is 0. The molecule has 1 saturated carbocycles. The van der Waals surface area contributed by atoms with Gasteiger partial charge >= 0.3 is 0 Å². The summed E-state index contributed by atoms with van der Waals surface area (Å²) in [6, 6.07) is 8.09. The van der Waals surface area contributed by atoms with E-state index in [-0.39, 0.29) is 19.2 Å². The minimum atomic E-state index is -1.31. The van der Waals surface area contributed by atoms with Crippen LogP contribution in [0.15, 0.2) is 24.3 Å². The Bertz CT molecular complexity index is 515. The van der Waals surface area contributed by atoms with Crippen molar-refractivity contribution in [3.8, 4) is 5.75 Å². The Hall–Kier alpha value is -1.14. The molecule has 0 aliphatic heterocycles. The zero-order valence-electron chi connectivity index (χ0n) is 16.4. The summed E-state index contributed by atoms with van der Waals surface area (Å²) in [6.45, 7) is 7.84. The van der Waals surface area contributed by atoms with E-state index in [1.165, 1.54) is 18.4 Å². The number of aliphatic hydroxyl groups excluding tert-OH is 1. The summed E-state index contributed by atoms with van der Waals surface area (Å²) in [6.07, 6.45) is 3.16. The van der Waals surface area contributed by atoms with Crippen molar-refractivity contribution in [2.45, 2.75) is 64.2 Å².